The third-order valence-corrected chi connectivity index (χ3v) is 12.3. The number of carboxylic acid groups (broad SMARTS) is 1. The minimum absolute atomic E-state index is 0. The van der Waals surface area contributed by atoms with Crippen molar-refractivity contribution in [3.8, 4) is 18.1 Å². The molecule has 2 unspecified atom stereocenters. The smallest absolute Gasteiger partial charge is 0.303 e. The van der Waals surface area contributed by atoms with Crippen LogP contribution in [-0.2, 0) is 35.0 Å². The zero-order valence-corrected chi connectivity index (χ0v) is 41.1. The summed E-state index contributed by atoms with van der Waals surface area (Å²) in [6, 6.07) is 3.92. The molecular weight excluding hydrogens is 944 g/mol. The average molecular weight is 1010 g/mol. The van der Waals surface area contributed by atoms with E-state index in [1.54, 1.807) is 44.9 Å². The van der Waals surface area contributed by atoms with Gasteiger partial charge in [0.2, 0.25) is 29.7 Å². The molecule has 2 fully saturated rings. The lowest BCUT2D eigenvalue weighted by Crippen LogP contribution is -2.52. The predicted octanol–water partition coefficient (Wildman–Crippen LogP) is 0.202. The Morgan fingerprint density at radius 1 is 0.789 bits per heavy atom. The zero-order valence-electron chi connectivity index (χ0n) is 40.2. The Morgan fingerprint density at radius 2 is 1.32 bits per heavy atom. The lowest BCUT2D eigenvalue weighted by atomic mass is 9.98. The van der Waals surface area contributed by atoms with Crippen molar-refractivity contribution in [1.29, 1.82) is 0 Å². The summed E-state index contributed by atoms with van der Waals surface area (Å²) in [5.74, 6) is 2.26. The van der Waals surface area contributed by atoms with E-state index in [0.717, 1.165) is 12.0 Å². The van der Waals surface area contributed by atoms with E-state index in [9.17, 15) is 29.7 Å². The number of phenolic OH excluding ortho intramolecular Hbond substituents is 1. The van der Waals surface area contributed by atoms with Crippen LogP contribution in [0.1, 0.15) is 74.2 Å². The summed E-state index contributed by atoms with van der Waals surface area (Å²) in [7, 11) is 0. The topological polar surface area (TPSA) is 317 Å². The largest absolute Gasteiger partial charge is 0.508 e. The van der Waals surface area contributed by atoms with Crippen LogP contribution >= 0.6 is 12.4 Å². The summed E-state index contributed by atoms with van der Waals surface area (Å²) < 4.78 is 19.4. The van der Waals surface area contributed by atoms with Crippen LogP contribution in [0.25, 0.3) is 0 Å². The van der Waals surface area contributed by atoms with Gasteiger partial charge in [0.05, 0.1) is 69.8 Å². The second kappa shape index (κ2) is 27.9. The van der Waals surface area contributed by atoms with Gasteiger partial charge in [0.15, 0.2) is 0 Å². The second-order valence-electron chi connectivity index (χ2n) is 17.1. The molecule has 26 heteroatoms. The third-order valence-electron chi connectivity index (χ3n) is 12.3. The van der Waals surface area contributed by atoms with Gasteiger partial charge in [-0.3, -0.25) is 14.4 Å². The predicted molar refractivity (Wildman–Crippen MR) is 262 cm³/mol. The molecule has 0 bridgehead atoms. The summed E-state index contributed by atoms with van der Waals surface area (Å²) in [6.07, 6.45) is 9.28. The van der Waals surface area contributed by atoms with Crippen molar-refractivity contribution in [2.45, 2.75) is 63.7 Å². The van der Waals surface area contributed by atoms with E-state index in [2.05, 4.69) is 45.7 Å². The molecule has 0 aliphatic carbocycles. The molecule has 2 aliphatic rings. The molecule has 71 heavy (non-hydrogen) atoms. The van der Waals surface area contributed by atoms with Gasteiger partial charge in [-0.15, -0.1) is 29.0 Å². The Labute approximate surface area is 418 Å². The minimum Gasteiger partial charge on any atom is -0.508 e. The number of hydrogen-bond acceptors (Lipinski definition) is 20. The van der Waals surface area contributed by atoms with Crippen LogP contribution in [0.15, 0.2) is 36.7 Å². The number of nitrogens with two attached hydrogens (primary N) is 2. The fourth-order valence-electron chi connectivity index (χ4n) is 7.82. The molecule has 8 N–H and O–H groups in total. The number of aliphatic hydroxyl groups excluding tert-OH is 1. The number of piperazine rings is 2. The Bertz CT molecular complexity index is 2320. The van der Waals surface area contributed by atoms with Crippen LogP contribution in [-0.4, -0.2) is 193 Å². The molecule has 388 valence electrons. The SMILES string of the molecule is C#CCOCCOCCOCCNc1nc(N2CCN(C(=O)[C@H](CCC(=O)O)n3cc(C(N)CO)nn3)CC2)nc(N2CCN(C(=O)[C@H](Cc3ccc(O)cc3)n3cc(C(N)[C@H](C)CC)nn3)CC2)n1.Cl. The molecule has 2 saturated heterocycles. The van der Waals surface area contributed by atoms with Gasteiger partial charge in [0.25, 0.3) is 0 Å². The maximum atomic E-state index is 14.5. The van der Waals surface area contributed by atoms with Gasteiger partial charge in [0.1, 0.15) is 30.1 Å². The fourth-order valence-corrected chi connectivity index (χ4v) is 7.82. The Balaban J connectivity index is 0.00000937. The second-order valence-corrected chi connectivity index (χ2v) is 17.1. The number of carboxylic acids is 1. The fraction of sp³-hybridized carbons (Fsp3) is 0.600. The van der Waals surface area contributed by atoms with Gasteiger partial charge in [0, 0.05) is 71.7 Å². The number of carbonyl (C=O) groups is 3. The molecule has 1 aromatic carbocycles. The summed E-state index contributed by atoms with van der Waals surface area (Å²) >= 11 is 0. The number of terminal acetylenes is 1. The Morgan fingerprint density at radius 3 is 1.89 bits per heavy atom. The molecule has 2 aliphatic heterocycles. The van der Waals surface area contributed by atoms with Crippen molar-refractivity contribution in [3.05, 3.63) is 53.6 Å². The first kappa shape index (κ1) is 55.7. The first-order valence-corrected chi connectivity index (χ1v) is 23.6. The maximum absolute atomic E-state index is 14.5. The molecule has 5 heterocycles. The van der Waals surface area contributed by atoms with Crippen LogP contribution in [0.5, 0.6) is 5.75 Å². The Kier molecular flexibility index (Phi) is 21.9. The lowest BCUT2D eigenvalue weighted by Gasteiger charge is -2.38. The van der Waals surface area contributed by atoms with E-state index >= 15 is 0 Å². The number of aromatic hydroxyl groups is 1. The van der Waals surface area contributed by atoms with E-state index in [1.807, 2.05) is 9.80 Å². The molecule has 5 atom stereocenters. The number of hydrogen-bond donors (Lipinski definition) is 6. The highest BCUT2D eigenvalue weighted by atomic mass is 35.5. The van der Waals surface area contributed by atoms with Crippen LogP contribution in [0, 0.1) is 18.3 Å². The minimum atomic E-state index is -1.06. The standard InChI is InChI=1S/C45H66N16O9.ClH/c1-4-21-68-23-25-70-26-24-69-22-12-48-43-49-44(58-17-13-56(14-18-58)41(66)37(10-11-39(64)65)60-28-35(52-54-60)34(46)30-62)51-45(50-43)59-19-15-57(16-20-59)42(67)38(27-32-6-8-33(63)9-7-32)61-29-36(53-55-61)40(47)31(3)5-2;/h1,6-9,28-29,31,34,37-38,40,62-63H,5,10-27,30,46-47H2,2-3H3,(H,64,65)(H,48,49,50,51);1H/t31-,34?,37+,38+,40?;/m1./s1. The Hall–Kier alpha value is -6.27. The molecule has 0 radical (unpaired) electrons. The summed E-state index contributed by atoms with van der Waals surface area (Å²) in [5, 5.41) is 49.0. The van der Waals surface area contributed by atoms with Crippen molar-refractivity contribution >= 4 is 48.0 Å². The monoisotopic (exact) mass is 1010 g/mol. The zero-order chi connectivity index (χ0) is 50.0. The van der Waals surface area contributed by atoms with E-state index in [4.69, 9.17) is 47.1 Å². The van der Waals surface area contributed by atoms with Crippen LogP contribution in [0.2, 0.25) is 0 Å². The highest BCUT2D eigenvalue weighted by Gasteiger charge is 2.34. The van der Waals surface area contributed by atoms with E-state index in [0.29, 0.717) is 109 Å². The molecule has 2 amide bonds. The summed E-state index contributed by atoms with van der Waals surface area (Å²) in [5.41, 5.74) is 14.2. The highest BCUT2D eigenvalue weighted by molar-refractivity contribution is 5.85. The number of carbonyl (C=O) groups excluding carboxylic acids is 2. The van der Waals surface area contributed by atoms with E-state index < -0.39 is 24.1 Å². The van der Waals surface area contributed by atoms with Crippen molar-refractivity contribution in [3.63, 3.8) is 0 Å². The first-order chi connectivity index (χ1) is 33.9. The molecule has 6 rings (SSSR count). The number of anilines is 3. The quantitative estimate of drug-likeness (QED) is 0.0343. The number of benzene rings is 1. The van der Waals surface area contributed by atoms with Gasteiger partial charge >= 0.3 is 5.97 Å². The summed E-state index contributed by atoms with van der Waals surface area (Å²) in [6.45, 7) is 9.00. The lowest BCUT2D eigenvalue weighted by molar-refractivity contribution is -0.139. The number of aliphatic hydroxyl groups is 1. The molecular formula is C45H67ClN16O9. The number of nitrogens with one attached hydrogen (secondary N) is 1. The van der Waals surface area contributed by atoms with Gasteiger partial charge in [-0.25, -0.2) is 9.36 Å². The average Bonchev–Trinajstić information content (AvgIpc) is 4.08. The molecule has 4 aromatic rings. The molecule has 0 spiro atoms. The van der Waals surface area contributed by atoms with Crippen molar-refractivity contribution in [2.24, 2.45) is 17.4 Å². The van der Waals surface area contributed by atoms with Crippen LogP contribution in [0.4, 0.5) is 17.8 Å². The van der Waals surface area contributed by atoms with Gasteiger partial charge in [-0.05, 0) is 30.0 Å². The highest BCUT2D eigenvalue weighted by Crippen LogP contribution is 2.26. The van der Waals surface area contributed by atoms with E-state index in [1.165, 1.54) is 10.9 Å². The van der Waals surface area contributed by atoms with Crippen LogP contribution in [0.3, 0.4) is 0 Å². The van der Waals surface area contributed by atoms with Gasteiger partial charge in [-0.2, -0.15) is 15.0 Å². The first-order valence-electron chi connectivity index (χ1n) is 23.6. The number of rotatable bonds is 27. The van der Waals surface area contributed by atoms with Gasteiger partial charge < -0.3 is 65.9 Å². The number of ether oxygens (including phenoxy) is 3. The third kappa shape index (κ3) is 15.9. The normalized spacial score (nSPS) is 16.1. The number of aromatic nitrogens is 9. The van der Waals surface area contributed by atoms with Crippen molar-refractivity contribution in [2.75, 3.05) is 120 Å². The van der Waals surface area contributed by atoms with E-state index in [-0.39, 0.29) is 86.8 Å². The molecule has 3 aromatic heterocycles. The van der Waals surface area contributed by atoms with Crippen molar-refractivity contribution in [1.82, 2.24) is 54.7 Å². The molecule has 0 saturated carbocycles. The maximum Gasteiger partial charge on any atom is 0.303 e. The molecule has 25 nitrogen and oxygen atoms in total. The number of aliphatic carboxylic acids is 1. The van der Waals surface area contributed by atoms with Crippen molar-refractivity contribution < 1.29 is 43.9 Å². The number of phenols is 1. The van der Waals surface area contributed by atoms with Crippen LogP contribution < -0.4 is 26.6 Å². The number of halogens is 1. The van der Waals surface area contributed by atoms with Gasteiger partial charge in [-0.1, -0.05) is 48.7 Å². The number of nitrogens with zero attached hydrogens (tertiary/aromatic N) is 13. The summed E-state index contributed by atoms with van der Waals surface area (Å²) in [4.78, 5) is 61.9. The number of amides is 2.